The normalized spacial score (nSPS) is 16.5. The summed E-state index contributed by atoms with van der Waals surface area (Å²) >= 11 is 0. The molecule has 0 bridgehead atoms. The van der Waals surface area contributed by atoms with Crippen LogP contribution in [0.1, 0.15) is 44.9 Å². The van der Waals surface area contributed by atoms with Gasteiger partial charge in [0.1, 0.15) is 27.3 Å². The predicted molar refractivity (Wildman–Crippen MR) is 85.6 cm³/mol. The van der Waals surface area contributed by atoms with Crippen molar-refractivity contribution < 1.29 is 8.42 Å². The Kier molecular flexibility index (Phi) is 5.03. The van der Waals surface area contributed by atoms with Crippen LogP contribution < -0.4 is 10.6 Å². The van der Waals surface area contributed by atoms with E-state index in [2.05, 4.69) is 27.5 Å². The van der Waals surface area contributed by atoms with Gasteiger partial charge in [-0.05, 0) is 26.2 Å². The molecule has 0 aliphatic heterocycles. The Balaban J connectivity index is 2.11. The number of anilines is 2. The van der Waals surface area contributed by atoms with E-state index in [9.17, 15) is 8.42 Å². The third-order valence-electron chi connectivity index (χ3n) is 3.19. The Morgan fingerprint density at radius 1 is 1.33 bits per heavy atom. The van der Waals surface area contributed by atoms with Gasteiger partial charge in [0.05, 0.1) is 5.75 Å². The lowest BCUT2D eigenvalue weighted by atomic mass is 10.3. The highest BCUT2D eigenvalue weighted by atomic mass is 32.2. The number of aromatic nitrogens is 2. The van der Waals surface area contributed by atoms with E-state index in [0.717, 1.165) is 37.4 Å². The van der Waals surface area contributed by atoms with Crippen LogP contribution >= 0.6 is 0 Å². The fourth-order valence-corrected chi connectivity index (χ4v) is 3.15. The van der Waals surface area contributed by atoms with Crippen molar-refractivity contribution in [1.29, 1.82) is 0 Å². The molecule has 0 amide bonds. The van der Waals surface area contributed by atoms with Crippen molar-refractivity contribution in [2.75, 3.05) is 29.2 Å². The van der Waals surface area contributed by atoms with E-state index in [0.29, 0.717) is 11.7 Å². The van der Waals surface area contributed by atoms with Crippen molar-refractivity contribution in [2.24, 2.45) is 0 Å². The first kappa shape index (κ1) is 16.0. The highest BCUT2D eigenvalue weighted by molar-refractivity contribution is 7.90. The molecule has 118 valence electrons. The molecular weight excluding hydrogens is 288 g/mol. The van der Waals surface area contributed by atoms with E-state index in [1.807, 2.05) is 13.0 Å². The Morgan fingerprint density at radius 3 is 2.57 bits per heavy atom. The highest BCUT2D eigenvalue weighted by Crippen LogP contribution is 2.38. The van der Waals surface area contributed by atoms with Gasteiger partial charge in [0.2, 0.25) is 0 Å². The maximum absolute atomic E-state index is 11.3. The molecule has 2 rings (SSSR count). The molecule has 1 aromatic heterocycles. The van der Waals surface area contributed by atoms with Crippen LogP contribution in [0.15, 0.2) is 6.07 Å². The summed E-state index contributed by atoms with van der Waals surface area (Å²) in [5.74, 6) is 2.90. The van der Waals surface area contributed by atoms with E-state index in [1.54, 1.807) is 0 Å². The van der Waals surface area contributed by atoms with Gasteiger partial charge in [0.15, 0.2) is 0 Å². The summed E-state index contributed by atoms with van der Waals surface area (Å²) in [4.78, 5) is 9.05. The molecule has 1 heterocycles. The van der Waals surface area contributed by atoms with Crippen LogP contribution in [0.5, 0.6) is 0 Å². The van der Waals surface area contributed by atoms with Gasteiger partial charge in [-0.2, -0.15) is 0 Å². The molecule has 2 N–H and O–H groups in total. The molecule has 1 atom stereocenters. The molecule has 7 heteroatoms. The first-order valence-corrected chi connectivity index (χ1v) is 9.50. The molecular formula is C14H24N4O2S. The Labute approximate surface area is 126 Å². The van der Waals surface area contributed by atoms with Crippen LogP contribution in [-0.4, -0.2) is 43.0 Å². The largest absolute Gasteiger partial charge is 0.370 e. The SMILES string of the molecule is CCCNc1cc(NC(C)CS(C)(=O)=O)nc(C2CC2)n1. The van der Waals surface area contributed by atoms with Crippen molar-refractivity contribution in [3.05, 3.63) is 11.9 Å². The summed E-state index contributed by atoms with van der Waals surface area (Å²) in [6.45, 7) is 4.81. The zero-order valence-electron chi connectivity index (χ0n) is 12.9. The van der Waals surface area contributed by atoms with Crippen molar-refractivity contribution >= 4 is 21.5 Å². The first-order valence-electron chi connectivity index (χ1n) is 7.44. The molecule has 6 nitrogen and oxygen atoms in total. The summed E-state index contributed by atoms with van der Waals surface area (Å²) in [5, 5.41) is 6.44. The molecule has 21 heavy (non-hydrogen) atoms. The fourth-order valence-electron chi connectivity index (χ4n) is 2.16. The van der Waals surface area contributed by atoms with Crippen LogP contribution in [0.3, 0.4) is 0 Å². The predicted octanol–water partition coefficient (Wildman–Crippen LogP) is 2.02. The fraction of sp³-hybridized carbons (Fsp3) is 0.714. The summed E-state index contributed by atoms with van der Waals surface area (Å²) in [7, 11) is -3.00. The van der Waals surface area contributed by atoms with Gasteiger partial charge in [-0.15, -0.1) is 0 Å². The summed E-state index contributed by atoms with van der Waals surface area (Å²) in [5.41, 5.74) is 0. The molecule has 1 aromatic rings. The minimum absolute atomic E-state index is 0.0908. The Bertz CT molecular complexity index is 585. The molecule has 1 saturated carbocycles. The highest BCUT2D eigenvalue weighted by Gasteiger charge is 2.27. The van der Waals surface area contributed by atoms with Crippen LogP contribution in [0.25, 0.3) is 0 Å². The van der Waals surface area contributed by atoms with Crippen LogP contribution in [0, 0.1) is 0 Å². The van der Waals surface area contributed by atoms with Gasteiger partial charge in [0, 0.05) is 30.8 Å². The monoisotopic (exact) mass is 312 g/mol. The molecule has 0 radical (unpaired) electrons. The summed E-state index contributed by atoms with van der Waals surface area (Å²) in [6, 6.07) is 1.67. The van der Waals surface area contributed by atoms with Crippen LogP contribution in [0.2, 0.25) is 0 Å². The average Bonchev–Trinajstić information content (AvgIpc) is 3.17. The third-order valence-corrected chi connectivity index (χ3v) is 4.29. The Morgan fingerprint density at radius 2 is 2.00 bits per heavy atom. The van der Waals surface area contributed by atoms with Crippen LogP contribution in [0.4, 0.5) is 11.6 Å². The van der Waals surface area contributed by atoms with Crippen molar-refractivity contribution in [1.82, 2.24) is 9.97 Å². The van der Waals surface area contributed by atoms with E-state index in [1.165, 1.54) is 6.26 Å². The molecule has 1 unspecified atom stereocenters. The van der Waals surface area contributed by atoms with Gasteiger partial charge < -0.3 is 10.6 Å². The lowest BCUT2D eigenvalue weighted by Crippen LogP contribution is -2.25. The molecule has 0 saturated heterocycles. The number of rotatable bonds is 8. The molecule has 0 aromatic carbocycles. The number of hydrogen-bond acceptors (Lipinski definition) is 6. The van der Waals surface area contributed by atoms with Crippen LogP contribution in [-0.2, 0) is 9.84 Å². The second-order valence-corrected chi connectivity index (χ2v) is 8.02. The molecule has 0 spiro atoms. The smallest absolute Gasteiger partial charge is 0.149 e. The van der Waals surface area contributed by atoms with E-state index < -0.39 is 9.84 Å². The summed E-state index contributed by atoms with van der Waals surface area (Å²) < 4.78 is 22.7. The second kappa shape index (κ2) is 6.60. The minimum atomic E-state index is -3.00. The zero-order valence-corrected chi connectivity index (χ0v) is 13.7. The standard InChI is InChI=1S/C14H24N4O2S/c1-4-7-15-12-8-13(16-10(2)9-21(3,19)20)18-14(17-12)11-5-6-11/h8,10-11H,4-7,9H2,1-3H3,(H2,15,16,17,18). The number of hydrogen-bond donors (Lipinski definition) is 2. The van der Waals surface area contributed by atoms with Crippen molar-refractivity contribution in [2.45, 2.75) is 45.1 Å². The first-order chi connectivity index (χ1) is 9.87. The van der Waals surface area contributed by atoms with Gasteiger partial charge in [-0.3, -0.25) is 0 Å². The van der Waals surface area contributed by atoms with Gasteiger partial charge >= 0.3 is 0 Å². The quantitative estimate of drug-likeness (QED) is 0.764. The maximum atomic E-state index is 11.3. The Hall–Kier alpha value is -1.37. The van der Waals surface area contributed by atoms with E-state index in [4.69, 9.17) is 0 Å². The van der Waals surface area contributed by atoms with Crippen molar-refractivity contribution in [3.63, 3.8) is 0 Å². The van der Waals surface area contributed by atoms with Crippen molar-refractivity contribution in [3.8, 4) is 0 Å². The number of nitrogens with one attached hydrogen (secondary N) is 2. The molecule has 1 fully saturated rings. The van der Waals surface area contributed by atoms with Gasteiger partial charge in [0.25, 0.3) is 0 Å². The number of nitrogens with zero attached hydrogens (tertiary/aromatic N) is 2. The lowest BCUT2D eigenvalue weighted by Gasteiger charge is -2.15. The second-order valence-electron chi connectivity index (χ2n) is 5.84. The van der Waals surface area contributed by atoms with Gasteiger partial charge in [-0.25, -0.2) is 18.4 Å². The topological polar surface area (TPSA) is 84.0 Å². The van der Waals surface area contributed by atoms with Gasteiger partial charge in [-0.1, -0.05) is 6.92 Å². The zero-order chi connectivity index (χ0) is 15.5. The molecule has 1 aliphatic rings. The average molecular weight is 312 g/mol. The van der Waals surface area contributed by atoms with E-state index >= 15 is 0 Å². The molecule has 1 aliphatic carbocycles. The lowest BCUT2D eigenvalue weighted by molar-refractivity contribution is 0.598. The minimum Gasteiger partial charge on any atom is -0.370 e. The third kappa shape index (κ3) is 5.49. The van der Waals surface area contributed by atoms with E-state index in [-0.39, 0.29) is 11.8 Å². The maximum Gasteiger partial charge on any atom is 0.149 e. The number of sulfone groups is 1. The summed E-state index contributed by atoms with van der Waals surface area (Å²) in [6.07, 6.45) is 4.54.